The standard InChI is InChI=1S/C12H19F3N2O4/c1-2-11(9(19)20)4-3-5-17(11)10(21)16(6-7-18)8-12(13,14)15/h18H,2-8H2,1H3,(H,19,20). The van der Waals surface area contributed by atoms with E-state index in [0.29, 0.717) is 11.3 Å². The van der Waals surface area contributed by atoms with Gasteiger partial charge >= 0.3 is 18.2 Å². The lowest BCUT2D eigenvalue weighted by Gasteiger charge is -2.37. The normalized spacial score (nSPS) is 22.4. The molecule has 2 N–H and O–H groups in total. The Labute approximate surface area is 120 Å². The summed E-state index contributed by atoms with van der Waals surface area (Å²) >= 11 is 0. The first kappa shape index (κ1) is 17.5. The van der Waals surface area contributed by atoms with E-state index in [1.807, 2.05) is 0 Å². The molecule has 1 aliphatic rings. The molecule has 0 aromatic heterocycles. The number of carbonyl (C=O) groups is 2. The van der Waals surface area contributed by atoms with Crippen molar-refractivity contribution in [2.45, 2.75) is 37.9 Å². The predicted octanol–water partition coefficient (Wildman–Crippen LogP) is 1.29. The third-order valence-corrected chi connectivity index (χ3v) is 3.71. The highest BCUT2D eigenvalue weighted by Gasteiger charge is 2.50. The minimum atomic E-state index is -4.61. The number of aliphatic hydroxyl groups excluding tert-OH is 1. The smallest absolute Gasteiger partial charge is 0.406 e. The molecule has 1 aliphatic heterocycles. The summed E-state index contributed by atoms with van der Waals surface area (Å²) in [7, 11) is 0. The van der Waals surface area contributed by atoms with Gasteiger partial charge in [0.25, 0.3) is 0 Å². The fourth-order valence-electron chi connectivity index (χ4n) is 2.65. The molecule has 0 aromatic carbocycles. The van der Waals surface area contributed by atoms with Crippen molar-refractivity contribution >= 4 is 12.0 Å². The van der Waals surface area contributed by atoms with Gasteiger partial charge in [-0.2, -0.15) is 13.2 Å². The van der Waals surface area contributed by atoms with Gasteiger partial charge in [0.05, 0.1) is 6.61 Å². The fourth-order valence-corrected chi connectivity index (χ4v) is 2.65. The molecule has 21 heavy (non-hydrogen) atoms. The van der Waals surface area contributed by atoms with Gasteiger partial charge in [-0.05, 0) is 19.3 Å². The van der Waals surface area contributed by atoms with Crippen LogP contribution in [0, 0.1) is 0 Å². The van der Waals surface area contributed by atoms with Gasteiger partial charge in [-0.1, -0.05) is 6.92 Å². The van der Waals surface area contributed by atoms with Gasteiger partial charge in [-0.3, -0.25) is 0 Å². The molecular weight excluding hydrogens is 293 g/mol. The summed E-state index contributed by atoms with van der Waals surface area (Å²) in [4.78, 5) is 25.1. The van der Waals surface area contributed by atoms with Crippen LogP contribution in [0.15, 0.2) is 0 Å². The Morgan fingerprint density at radius 2 is 2.00 bits per heavy atom. The van der Waals surface area contributed by atoms with E-state index in [2.05, 4.69) is 0 Å². The van der Waals surface area contributed by atoms with Crippen molar-refractivity contribution in [1.82, 2.24) is 9.80 Å². The maximum atomic E-state index is 12.5. The average molecular weight is 312 g/mol. The molecule has 2 amide bonds. The second kappa shape index (κ2) is 6.50. The van der Waals surface area contributed by atoms with Crippen LogP contribution in [0.5, 0.6) is 0 Å². The molecule has 9 heteroatoms. The van der Waals surface area contributed by atoms with Gasteiger partial charge in [-0.15, -0.1) is 0 Å². The molecule has 1 rings (SSSR count). The summed E-state index contributed by atoms with van der Waals surface area (Å²) in [6.07, 6.45) is -3.86. The highest BCUT2D eigenvalue weighted by molar-refractivity contribution is 5.87. The number of urea groups is 1. The molecule has 1 unspecified atom stereocenters. The zero-order valence-corrected chi connectivity index (χ0v) is 11.7. The van der Waals surface area contributed by atoms with Crippen molar-refractivity contribution in [2.24, 2.45) is 0 Å². The summed E-state index contributed by atoms with van der Waals surface area (Å²) in [6, 6.07) is -0.997. The zero-order chi connectivity index (χ0) is 16.3. The number of nitrogens with zero attached hydrogens (tertiary/aromatic N) is 2. The molecule has 6 nitrogen and oxygen atoms in total. The molecular formula is C12H19F3N2O4. The number of aliphatic hydroxyl groups is 1. The summed E-state index contributed by atoms with van der Waals surface area (Å²) in [6.45, 7) is -0.947. The topological polar surface area (TPSA) is 81.1 Å². The van der Waals surface area contributed by atoms with E-state index in [0.717, 1.165) is 4.90 Å². The summed E-state index contributed by atoms with van der Waals surface area (Å²) in [5.74, 6) is -1.22. The molecule has 0 radical (unpaired) electrons. The Morgan fingerprint density at radius 1 is 1.38 bits per heavy atom. The SMILES string of the molecule is CCC1(C(=O)O)CCCN1C(=O)N(CCO)CC(F)(F)F. The van der Waals surface area contributed by atoms with Gasteiger partial charge < -0.3 is 20.0 Å². The maximum absolute atomic E-state index is 12.5. The minimum Gasteiger partial charge on any atom is -0.479 e. The van der Waals surface area contributed by atoms with Crippen LogP contribution >= 0.6 is 0 Å². The second-order valence-electron chi connectivity index (χ2n) is 4.99. The van der Waals surface area contributed by atoms with Crippen molar-refractivity contribution in [3.8, 4) is 0 Å². The van der Waals surface area contributed by atoms with Crippen LogP contribution in [-0.2, 0) is 4.79 Å². The third-order valence-electron chi connectivity index (χ3n) is 3.71. The quantitative estimate of drug-likeness (QED) is 0.801. The number of hydrogen-bond acceptors (Lipinski definition) is 3. The van der Waals surface area contributed by atoms with E-state index < -0.39 is 43.4 Å². The molecule has 0 saturated carbocycles. The van der Waals surface area contributed by atoms with Gasteiger partial charge in [0.1, 0.15) is 12.1 Å². The van der Waals surface area contributed by atoms with Gasteiger partial charge in [0, 0.05) is 13.1 Å². The molecule has 1 fully saturated rings. The molecule has 122 valence electrons. The van der Waals surface area contributed by atoms with Gasteiger partial charge in [-0.25, -0.2) is 9.59 Å². The number of carboxylic acid groups (broad SMARTS) is 1. The molecule has 1 saturated heterocycles. The molecule has 1 atom stereocenters. The monoisotopic (exact) mass is 312 g/mol. The van der Waals surface area contributed by atoms with Crippen molar-refractivity contribution < 1.29 is 33.0 Å². The number of likely N-dealkylation sites (tertiary alicyclic amines) is 1. The first-order valence-corrected chi connectivity index (χ1v) is 6.65. The summed E-state index contributed by atoms with van der Waals surface area (Å²) in [5.41, 5.74) is -1.46. The lowest BCUT2D eigenvalue weighted by molar-refractivity contribution is -0.150. The Balaban J connectivity index is 2.99. The van der Waals surface area contributed by atoms with Crippen LogP contribution in [0.2, 0.25) is 0 Å². The molecule has 0 spiro atoms. The first-order valence-electron chi connectivity index (χ1n) is 6.65. The third kappa shape index (κ3) is 3.78. The Hall–Kier alpha value is -1.51. The van der Waals surface area contributed by atoms with Crippen molar-refractivity contribution in [2.75, 3.05) is 26.2 Å². The van der Waals surface area contributed by atoms with Crippen LogP contribution in [0.1, 0.15) is 26.2 Å². The minimum absolute atomic E-state index is 0.0960. The molecule has 0 aromatic rings. The predicted molar refractivity (Wildman–Crippen MR) is 66.7 cm³/mol. The van der Waals surface area contributed by atoms with Crippen LogP contribution in [0.3, 0.4) is 0 Å². The van der Waals surface area contributed by atoms with Crippen molar-refractivity contribution in [3.05, 3.63) is 0 Å². The van der Waals surface area contributed by atoms with E-state index in [4.69, 9.17) is 5.11 Å². The highest BCUT2D eigenvalue weighted by Crippen LogP contribution is 2.34. The van der Waals surface area contributed by atoms with E-state index in [9.17, 15) is 27.9 Å². The Bertz CT molecular complexity index is 402. The number of rotatable bonds is 5. The Morgan fingerprint density at radius 3 is 2.43 bits per heavy atom. The summed E-state index contributed by atoms with van der Waals surface area (Å²) in [5, 5.41) is 18.2. The number of alkyl halides is 3. The Kier molecular flexibility index (Phi) is 5.43. The van der Waals surface area contributed by atoms with Crippen molar-refractivity contribution in [1.29, 1.82) is 0 Å². The number of aliphatic carboxylic acids is 1. The summed E-state index contributed by atoms with van der Waals surface area (Å²) < 4.78 is 37.5. The van der Waals surface area contributed by atoms with E-state index in [1.54, 1.807) is 6.92 Å². The number of halogens is 3. The average Bonchev–Trinajstić information content (AvgIpc) is 2.80. The number of carboxylic acids is 1. The lowest BCUT2D eigenvalue weighted by Crippen LogP contribution is -2.58. The molecule has 0 aliphatic carbocycles. The molecule has 0 bridgehead atoms. The fraction of sp³-hybridized carbons (Fsp3) is 0.833. The van der Waals surface area contributed by atoms with Crippen LogP contribution in [0.25, 0.3) is 0 Å². The van der Waals surface area contributed by atoms with Gasteiger partial charge in [0.15, 0.2) is 0 Å². The van der Waals surface area contributed by atoms with Crippen LogP contribution in [-0.4, -0.2) is 70.0 Å². The van der Waals surface area contributed by atoms with Crippen LogP contribution in [0.4, 0.5) is 18.0 Å². The van der Waals surface area contributed by atoms with Crippen molar-refractivity contribution in [3.63, 3.8) is 0 Å². The number of carbonyl (C=O) groups excluding carboxylic acids is 1. The first-order chi connectivity index (χ1) is 9.68. The highest BCUT2D eigenvalue weighted by atomic mass is 19.4. The van der Waals surface area contributed by atoms with Gasteiger partial charge in [0.2, 0.25) is 0 Å². The largest absolute Gasteiger partial charge is 0.479 e. The van der Waals surface area contributed by atoms with E-state index in [-0.39, 0.29) is 19.4 Å². The van der Waals surface area contributed by atoms with E-state index in [1.165, 1.54) is 0 Å². The second-order valence-corrected chi connectivity index (χ2v) is 4.99. The maximum Gasteiger partial charge on any atom is 0.406 e. The number of hydrogen-bond donors (Lipinski definition) is 2. The number of amides is 2. The zero-order valence-electron chi connectivity index (χ0n) is 11.7. The van der Waals surface area contributed by atoms with Crippen LogP contribution < -0.4 is 0 Å². The lowest BCUT2D eigenvalue weighted by atomic mass is 9.93. The van der Waals surface area contributed by atoms with E-state index >= 15 is 0 Å². The molecule has 1 heterocycles.